The molecule has 2 fully saturated rings. The molecule has 2 aliphatic rings. The van der Waals surface area contributed by atoms with E-state index in [0.717, 1.165) is 22.4 Å². The standard InChI is InChI=1S/C16H19N3OS/c1-17-15-7-10-6-9(2-5-14(10)21-15)16(20)19-13-8-11-3-4-12(13)18-11/h2,5-7,11-13,17-18H,3-4,8H2,1H3,(H,19,20)/t11-,12+,13-/m1/s1. The van der Waals surface area contributed by atoms with Crippen LogP contribution in [0.25, 0.3) is 10.1 Å². The van der Waals surface area contributed by atoms with E-state index in [1.165, 1.54) is 17.5 Å². The van der Waals surface area contributed by atoms with Gasteiger partial charge >= 0.3 is 0 Å². The molecule has 21 heavy (non-hydrogen) atoms. The summed E-state index contributed by atoms with van der Waals surface area (Å²) >= 11 is 1.71. The highest BCUT2D eigenvalue weighted by Crippen LogP contribution is 2.31. The number of fused-ring (bicyclic) bond motifs is 3. The van der Waals surface area contributed by atoms with Crippen LogP contribution in [0, 0.1) is 0 Å². The van der Waals surface area contributed by atoms with Crippen LogP contribution in [0.15, 0.2) is 24.3 Å². The van der Waals surface area contributed by atoms with Gasteiger partial charge in [0.15, 0.2) is 0 Å². The number of anilines is 1. The van der Waals surface area contributed by atoms with Crippen molar-refractivity contribution in [2.24, 2.45) is 0 Å². The molecule has 4 rings (SSSR count). The number of amides is 1. The van der Waals surface area contributed by atoms with Gasteiger partial charge in [0.05, 0.1) is 5.00 Å². The van der Waals surface area contributed by atoms with Crippen LogP contribution in [-0.2, 0) is 0 Å². The Balaban J connectivity index is 1.53. The van der Waals surface area contributed by atoms with Gasteiger partial charge in [-0.25, -0.2) is 0 Å². The predicted molar refractivity (Wildman–Crippen MR) is 87.2 cm³/mol. The summed E-state index contributed by atoms with van der Waals surface area (Å²) in [6.07, 6.45) is 3.51. The van der Waals surface area contributed by atoms with Gasteiger partial charge in [-0.2, -0.15) is 0 Å². The Hall–Kier alpha value is -1.59. The molecule has 0 spiro atoms. The number of hydrogen-bond acceptors (Lipinski definition) is 4. The SMILES string of the molecule is CNc1cc2cc(C(=O)N[C@@H]3C[C@H]4CC[C@@H]3N4)ccc2s1. The second-order valence-electron chi connectivity index (χ2n) is 5.98. The summed E-state index contributed by atoms with van der Waals surface area (Å²) in [6.45, 7) is 0. The maximum Gasteiger partial charge on any atom is 0.251 e. The predicted octanol–water partition coefficient (Wildman–Crippen LogP) is 2.57. The van der Waals surface area contributed by atoms with Crippen LogP contribution in [0.2, 0.25) is 0 Å². The van der Waals surface area contributed by atoms with E-state index in [9.17, 15) is 4.79 Å². The highest BCUT2D eigenvalue weighted by atomic mass is 32.1. The first-order chi connectivity index (χ1) is 10.2. The van der Waals surface area contributed by atoms with Crippen LogP contribution in [-0.4, -0.2) is 31.1 Å². The second kappa shape index (κ2) is 5.00. The Morgan fingerprint density at radius 3 is 2.95 bits per heavy atom. The van der Waals surface area contributed by atoms with Crippen LogP contribution < -0.4 is 16.0 Å². The Morgan fingerprint density at radius 1 is 1.33 bits per heavy atom. The molecular weight excluding hydrogens is 282 g/mol. The van der Waals surface area contributed by atoms with Crippen LogP contribution in [0.1, 0.15) is 29.6 Å². The van der Waals surface area contributed by atoms with Crippen molar-refractivity contribution in [3.63, 3.8) is 0 Å². The Labute approximate surface area is 127 Å². The quantitative estimate of drug-likeness (QED) is 0.817. The monoisotopic (exact) mass is 301 g/mol. The van der Waals surface area contributed by atoms with Crippen molar-refractivity contribution in [2.45, 2.75) is 37.4 Å². The van der Waals surface area contributed by atoms with Crippen LogP contribution >= 0.6 is 11.3 Å². The zero-order valence-electron chi connectivity index (χ0n) is 12.0. The van der Waals surface area contributed by atoms with Crippen LogP contribution in [0.5, 0.6) is 0 Å². The zero-order valence-corrected chi connectivity index (χ0v) is 12.8. The maximum absolute atomic E-state index is 12.4. The molecule has 3 N–H and O–H groups in total. The molecule has 1 aromatic heterocycles. The summed E-state index contributed by atoms with van der Waals surface area (Å²) in [6, 6.07) is 9.42. The van der Waals surface area contributed by atoms with E-state index in [1.54, 1.807) is 11.3 Å². The highest BCUT2D eigenvalue weighted by molar-refractivity contribution is 7.22. The van der Waals surface area contributed by atoms with Crippen LogP contribution in [0.4, 0.5) is 5.00 Å². The summed E-state index contributed by atoms with van der Waals surface area (Å²) in [7, 11) is 1.92. The van der Waals surface area contributed by atoms with Gasteiger partial charge in [0, 0.05) is 35.4 Å². The van der Waals surface area contributed by atoms with Crippen molar-refractivity contribution in [1.82, 2.24) is 10.6 Å². The number of benzene rings is 1. The largest absolute Gasteiger partial charge is 0.380 e. The number of nitrogens with one attached hydrogen (secondary N) is 3. The lowest BCUT2D eigenvalue weighted by Crippen LogP contribution is -2.42. The molecule has 110 valence electrons. The van der Waals surface area contributed by atoms with Gasteiger partial charge in [0.1, 0.15) is 0 Å². The van der Waals surface area contributed by atoms with E-state index < -0.39 is 0 Å². The molecule has 0 radical (unpaired) electrons. The number of carbonyl (C=O) groups is 1. The van der Waals surface area contributed by atoms with Crippen molar-refractivity contribution in [3.05, 3.63) is 29.8 Å². The Morgan fingerprint density at radius 2 is 2.24 bits per heavy atom. The molecule has 3 atom stereocenters. The first-order valence-corrected chi connectivity index (χ1v) is 8.33. The Bertz CT molecular complexity index is 696. The zero-order chi connectivity index (χ0) is 14.4. The first kappa shape index (κ1) is 13.1. The van der Waals surface area contributed by atoms with Gasteiger partial charge in [0.2, 0.25) is 0 Å². The Kier molecular flexibility index (Phi) is 3.12. The van der Waals surface area contributed by atoms with E-state index in [-0.39, 0.29) is 5.91 Å². The third-order valence-corrected chi connectivity index (χ3v) is 5.78. The summed E-state index contributed by atoms with van der Waals surface area (Å²) in [5.74, 6) is 0.0495. The molecule has 2 aliphatic heterocycles. The maximum atomic E-state index is 12.4. The summed E-state index contributed by atoms with van der Waals surface area (Å²) < 4.78 is 1.21. The molecule has 5 heteroatoms. The van der Waals surface area contributed by atoms with E-state index in [0.29, 0.717) is 18.1 Å². The summed E-state index contributed by atoms with van der Waals surface area (Å²) in [5, 5.41) is 12.2. The highest BCUT2D eigenvalue weighted by Gasteiger charge is 2.39. The van der Waals surface area contributed by atoms with E-state index in [1.807, 2.05) is 25.2 Å². The molecule has 3 heterocycles. The van der Waals surface area contributed by atoms with E-state index in [2.05, 4.69) is 22.0 Å². The lowest BCUT2D eigenvalue weighted by atomic mass is 9.95. The van der Waals surface area contributed by atoms with Crippen molar-refractivity contribution >= 4 is 32.3 Å². The van der Waals surface area contributed by atoms with Gasteiger partial charge in [-0.3, -0.25) is 4.79 Å². The molecule has 0 unspecified atom stereocenters. The molecular formula is C16H19N3OS. The van der Waals surface area contributed by atoms with Crippen molar-refractivity contribution in [1.29, 1.82) is 0 Å². The minimum absolute atomic E-state index is 0.0495. The molecule has 2 bridgehead atoms. The fraction of sp³-hybridized carbons (Fsp3) is 0.438. The van der Waals surface area contributed by atoms with Crippen LogP contribution in [0.3, 0.4) is 0 Å². The van der Waals surface area contributed by atoms with E-state index in [4.69, 9.17) is 0 Å². The van der Waals surface area contributed by atoms with Crippen molar-refractivity contribution < 1.29 is 4.79 Å². The third-order valence-electron chi connectivity index (χ3n) is 4.64. The second-order valence-corrected chi connectivity index (χ2v) is 7.06. The molecule has 2 saturated heterocycles. The molecule has 0 saturated carbocycles. The lowest BCUT2D eigenvalue weighted by Gasteiger charge is -2.21. The summed E-state index contributed by atoms with van der Waals surface area (Å²) in [4.78, 5) is 12.4. The number of thiophene rings is 1. The van der Waals surface area contributed by atoms with Crippen molar-refractivity contribution in [3.8, 4) is 0 Å². The van der Waals surface area contributed by atoms with E-state index >= 15 is 0 Å². The van der Waals surface area contributed by atoms with Crippen molar-refractivity contribution in [2.75, 3.05) is 12.4 Å². The minimum Gasteiger partial charge on any atom is -0.380 e. The van der Waals surface area contributed by atoms with Gasteiger partial charge in [0.25, 0.3) is 5.91 Å². The molecule has 4 nitrogen and oxygen atoms in total. The lowest BCUT2D eigenvalue weighted by molar-refractivity contribution is 0.0931. The van der Waals surface area contributed by atoms with Gasteiger partial charge in [-0.15, -0.1) is 11.3 Å². The van der Waals surface area contributed by atoms with Gasteiger partial charge < -0.3 is 16.0 Å². The van der Waals surface area contributed by atoms with Gasteiger partial charge in [-0.05, 0) is 48.9 Å². The fourth-order valence-electron chi connectivity index (χ4n) is 3.54. The third kappa shape index (κ3) is 2.30. The molecule has 2 aromatic rings. The fourth-order valence-corrected chi connectivity index (χ4v) is 4.44. The number of hydrogen-bond donors (Lipinski definition) is 3. The normalized spacial score (nSPS) is 27.2. The van der Waals surface area contributed by atoms with Gasteiger partial charge in [-0.1, -0.05) is 0 Å². The average Bonchev–Trinajstić information content (AvgIpc) is 3.20. The number of rotatable bonds is 3. The minimum atomic E-state index is 0.0495. The summed E-state index contributed by atoms with van der Waals surface area (Å²) in [5.41, 5.74) is 0.755. The topological polar surface area (TPSA) is 53.2 Å². The smallest absolute Gasteiger partial charge is 0.251 e. The molecule has 1 aromatic carbocycles. The molecule has 0 aliphatic carbocycles. The molecule has 1 amide bonds. The average molecular weight is 301 g/mol. The number of carbonyl (C=O) groups excluding carboxylic acids is 1. The first-order valence-electron chi connectivity index (χ1n) is 7.51.